The van der Waals surface area contributed by atoms with E-state index in [1.165, 1.54) is 25.1 Å². The van der Waals surface area contributed by atoms with E-state index in [1.807, 2.05) is 0 Å². The second-order valence-electron chi connectivity index (χ2n) is 6.58. The number of ether oxygens (including phenoxy) is 2. The quantitative estimate of drug-likeness (QED) is 0.669. The van der Waals surface area contributed by atoms with Crippen molar-refractivity contribution in [1.29, 1.82) is 0 Å². The largest absolute Gasteiger partial charge is 0.497 e. The van der Waals surface area contributed by atoms with Crippen molar-refractivity contribution in [2.75, 3.05) is 24.3 Å². The molecule has 0 aromatic heterocycles. The van der Waals surface area contributed by atoms with Crippen molar-refractivity contribution >= 4 is 21.6 Å². The van der Waals surface area contributed by atoms with Crippen molar-refractivity contribution in [3.63, 3.8) is 0 Å². The van der Waals surface area contributed by atoms with Gasteiger partial charge in [0.1, 0.15) is 30.0 Å². The summed E-state index contributed by atoms with van der Waals surface area (Å²) in [5.74, 6) is 0.00331. The molecular weight excluding hydrogens is 399 g/mol. The van der Waals surface area contributed by atoms with Gasteiger partial charge in [-0.1, -0.05) is 12.1 Å². The maximum atomic E-state index is 14.2. The third-order valence-electron chi connectivity index (χ3n) is 4.13. The Labute approximate surface area is 170 Å². The third-order valence-corrected chi connectivity index (χ3v) is 5.35. The standard InChI is InChI=1S/C20H25FN2O5S/c1-14(13-28-17-11-9-16(27-3)10-12-17)22-20(24)15(2)23(29(4,25)26)19-8-6-5-7-18(19)21/h5-12,14-15H,13H2,1-4H3,(H,22,24)/t14-,15-/m0/s1. The molecule has 0 aliphatic rings. The highest BCUT2D eigenvalue weighted by Crippen LogP contribution is 2.24. The summed E-state index contributed by atoms with van der Waals surface area (Å²) in [7, 11) is -2.33. The van der Waals surface area contributed by atoms with E-state index in [2.05, 4.69) is 5.32 Å². The molecule has 0 heterocycles. The monoisotopic (exact) mass is 424 g/mol. The van der Waals surface area contributed by atoms with E-state index in [4.69, 9.17) is 9.47 Å². The van der Waals surface area contributed by atoms with Gasteiger partial charge in [-0.15, -0.1) is 0 Å². The number of sulfonamides is 1. The summed E-state index contributed by atoms with van der Waals surface area (Å²) >= 11 is 0. The molecule has 1 amide bonds. The summed E-state index contributed by atoms with van der Waals surface area (Å²) in [6, 6.07) is 10.8. The molecule has 2 aromatic rings. The summed E-state index contributed by atoms with van der Waals surface area (Å²) < 4.78 is 50.1. The maximum Gasteiger partial charge on any atom is 0.243 e. The van der Waals surface area contributed by atoms with Crippen LogP contribution in [0, 0.1) is 5.82 Å². The summed E-state index contributed by atoms with van der Waals surface area (Å²) in [5, 5.41) is 2.70. The zero-order valence-electron chi connectivity index (χ0n) is 16.8. The van der Waals surface area contributed by atoms with E-state index >= 15 is 0 Å². The van der Waals surface area contributed by atoms with Gasteiger partial charge in [-0.25, -0.2) is 12.8 Å². The molecule has 158 valence electrons. The highest BCUT2D eigenvalue weighted by atomic mass is 32.2. The van der Waals surface area contributed by atoms with Crippen LogP contribution in [-0.2, 0) is 14.8 Å². The molecule has 29 heavy (non-hydrogen) atoms. The average molecular weight is 424 g/mol. The van der Waals surface area contributed by atoms with Gasteiger partial charge < -0.3 is 14.8 Å². The number of carbonyl (C=O) groups is 1. The first-order chi connectivity index (χ1) is 13.6. The second-order valence-corrected chi connectivity index (χ2v) is 8.44. The Hall–Kier alpha value is -2.81. The van der Waals surface area contributed by atoms with E-state index in [-0.39, 0.29) is 12.3 Å². The molecular formula is C20H25FN2O5S. The molecule has 1 N–H and O–H groups in total. The van der Waals surface area contributed by atoms with Gasteiger partial charge in [0.15, 0.2) is 0 Å². The Bertz CT molecular complexity index is 934. The SMILES string of the molecule is COc1ccc(OC[C@H](C)NC(=O)[C@H](C)N(c2ccccc2F)S(C)(=O)=O)cc1. The molecule has 0 bridgehead atoms. The Morgan fingerprint density at radius 2 is 1.69 bits per heavy atom. The van der Waals surface area contributed by atoms with Gasteiger partial charge in [-0.3, -0.25) is 9.10 Å². The highest BCUT2D eigenvalue weighted by molar-refractivity contribution is 7.92. The van der Waals surface area contributed by atoms with E-state index in [1.54, 1.807) is 38.3 Å². The normalized spacial score (nSPS) is 13.3. The molecule has 2 aromatic carbocycles. The Morgan fingerprint density at radius 3 is 2.24 bits per heavy atom. The molecule has 0 spiro atoms. The lowest BCUT2D eigenvalue weighted by Crippen LogP contribution is -2.51. The van der Waals surface area contributed by atoms with Gasteiger partial charge in [-0.05, 0) is 50.2 Å². The minimum atomic E-state index is -3.89. The lowest BCUT2D eigenvalue weighted by Gasteiger charge is -2.29. The van der Waals surface area contributed by atoms with Crippen LogP contribution in [0.4, 0.5) is 10.1 Å². The van der Waals surface area contributed by atoms with Crippen molar-refractivity contribution < 1.29 is 27.1 Å². The predicted octanol–water partition coefficient (Wildman–Crippen LogP) is 2.57. The van der Waals surface area contributed by atoms with Gasteiger partial charge in [-0.2, -0.15) is 0 Å². The highest BCUT2D eigenvalue weighted by Gasteiger charge is 2.31. The Kier molecular flexibility index (Phi) is 7.44. The number of methoxy groups -OCH3 is 1. The van der Waals surface area contributed by atoms with Gasteiger partial charge in [0.05, 0.1) is 25.1 Å². The van der Waals surface area contributed by atoms with E-state index in [9.17, 15) is 17.6 Å². The van der Waals surface area contributed by atoms with Crippen LogP contribution in [-0.4, -0.2) is 46.4 Å². The first-order valence-electron chi connectivity index (χ1n) is 8.94. The fourth-order valence-corrected chi connectivity index (χ4v) is 3.89. The fourth-order valence-electron chi connectivity index (χ4n) is 2.71. The van der Waals surface area contributed by atoms with Crippen LogP contribution < -0.4 is 19.1 Å². The minimum Gasteiger partial charge on any atom is -0.497 e. The summed E-state index contributed by atoms with van der Waals surface area (Å²) in [6.45, 7) is 3.30. The number of hydrogen-bond donors (Lipinski definition) is 1. The first-order valence-corrected chi connectivity index (χ1v) is 10.8. The molecule has 0 aliphatic carbocycles. The van der Waals surface area contributed by atoms with Crippen LogP contribution in [0.25, 0.3) is 0 Å². The van der Waals surface area contributed by atoms with Crippen molar-refractivity contribution in [1.82, 2.24) is 5.32 Å². The van der Waals surface area contributed by atoms with Gasteiger partial charge >= 0.3 is 0 Å². The van der Waals surface area contributed by atoms with Crippen LogP contribution >= 0.6 is 0 Å². The number of rotatable bonds is 9. The van der Waals surface area contributed by atoms with E-state index in [0.717, 1.165) is 16.6 Å². The number of halogens is 1. The topological polar surface area (TPSA) is 84.9 Å². The number of anilines is 1. The second kappa shape index (κ2) is 9.60. The molecule has 0 aliphatic heterocycles. The van der Waals surface area contributed by atoms with Crippen molar-refractivity contribution in [2.24, 2.45) is 0 Å². The maximum absolute atomic E-state index is 14.2. The average Bonchev–Trinajstić information content (AvgIpc) is 2.67. The van der Waals surface area contributed by atoms with Crippen molar-refractivity contribution in [2.45, 2.75) is 25.9 Å². The third kappa shape index (κ3) is 6.08. The van der Waals surface area contributed by atoms with E-state index < -0.39 is 33.8 Å². The molecule has 0 unspecified atom stereocenters. The lowest BCUT2D eigenvalue weighted by atomic mass is 10.2. The minimum absolute atomic E-state index is 0.170. The molecule has 0 saturated heterocycles. The van der Waals surface area contributed by atoms with Crippen molar-refractivity contribution in [3.8, 4) is 11.5 Å². The smallest absolute Gasteiger partial charge is 0.243 e. The number of nitrogens with one attached hydrogen (secondary N) is 1. The number of hydrogen-bond acceptors (Lipinski definition) is 5. The molecule has 9 heteroatoms. The number of nitrogens with zero attached hydrogens (tertiary/aromatic N) is 1. The van der Waals surface area contributed by atoms with Gasteiger partial charge in [0, 0.05) is 0 Å². The molecule has 2 rings (SSSR count). The Balaban J connectivity index is 2.04. The number of amides is 1. The zero-order valence-corrected chi connectivity index (χ0v) is 17.6. The summed E-state index contributed by atoms with van der Waals surface area (Å²) in [6.07, 6.45) is 0.930. The number of benzene rings is 2. The van der Waals surface area contributed by atoms with Crippen LogP contribution in [0.2, 0.25) is 0 Å². The number of para-hydroxylation sites is 1. The fraction of sp³-hybridized carbons (Fsp3) is 0.350. The van der Waals surface area contributed by atoms with Gasteiger partial charge in [0.25, 0.3) is 0 Å². The molecule has 7 nitrogen and oxygen atoms in total. The molecule has 2 atom stereocenters. The van der Waals surface area contributed by atoms with Crippen LogP contribution in [0.3, 0.4) is 0 Å². The molecule has 0 fully saturated rings. The number of carbonyl (C=O) groups excluding carboxylic acids is 1. The van der Waals surface area contributed by atoms with Crippen LogP contribution in [0.5, 0.6) is 11.5 Å². The molecule has 0 saturated carbocycles. The Morgan fingerprint density at radius 1 is 1.10 bits per heavy atom. The predicted molar refractivity (Wildman–Crippen MR) is 109 cm³/mol. The van der Waals surface area contributed by atoms with Crippen LogP contribution in [0.15, 0.2) is 48.5 Å². The van der Waals surface area contributed by atoms with Crippen LogP contribution in [0.1, 0.15) is 13.8 Å². The van der Waals surface area contributed by atoms with Gasteiger partial charge in [0.2, 0.25) is 15.9 Å². The summed E-state index contributed by atoms with van der Waals surface area (Å²) in [4.78, 5) is 12.6. The summed E-state index contributed by atoms with van der Waals surface area (Å²) in [5.41, 5.74) is -0.181. The first kappa shape index (κ1) is 22.5. The molecule has 0 radical (unpaired) electrons. The van der Waals surface area contributed by atoms with Crippen molar-refractivity contribution in [3.05, 3.63) is 54.3 Å². The lowest BCUT2D eigenvalue weighted by molar-refractivity contribution is -0.122. The van der Waals surface area contributed by atoms with E-state index in [0.29, 0.717) is 11.5 Å². The zero-order chi connectivity index (χ0) is 21.6.